The SMILES string of the molecule is CC(=N)C1CCC(C2CC(c3ccc(NC(=O)c4cccn(-c5ccccc5)c4=O)cc3)=C3C(N)=NC=NN32)CC1. The standard InChI is InChI=1S/C32H33N7O2/c1-20(33)21-9-11-23(12-10-21)28-18-27(29-30(34)35-19-36-39(28)29)22-13-15-24(16-14-22)37-31(40)26-8-5-17-38(32(26)41)25-6-3-2-4-7-25/h2-8,13-17,19,21,23,28,33H,9-12,18H2,1H3,(H,37,40)(H2,34,35,36). The van der Waals surface area contributed by atoms with Crippen LogP contribution in [0.25, 0.3) is 11.3 Å². The number of aromatic nitrogens is 1. The maximum Gasteiger partial charge on any atom is 0.267 e. The highest BCUT2D eigenvalue weighted by molar-refractivity contribution is 6.08. The van der Waals surface area contributed by atoms with Gasteiger partial charge in [0.25, 0.3) is 11.5 Å². The normalized spacial score (nSPS) is 21.8. The van der Waals surface area contributed by atoms with Gasteiger partial charge in [-0.25, -0.2) is 4.99 Å². The molecule has 2 aromatic carbocycles. The third-order valence-electron chi connectivity index (χ3n) is 8.50. The highest BCUT2D eigenvalue weighted by atomic mass is 16.2. The molecule has 1 atom stereocenters. The van der Waals surface area contributed by atoms with Crippen LogP contribution in [0.2, 0.25) is 0 Å². The first-order valence-electron chi connectivity index (χ1n) is 14.0. The van der Waals surface area contributed by atoms with Crippen LogP contribution in [0.15, 0.2) is 93.5 Å². The van der Waals surface area contributed by atoms with Crippen LogP contribution in [0, 0.1) is 17.2 Å². The molecule has 4 N–H and O–H groups in total. The summed E-state index contributed by atoms with van der Waals surface area (Å²) < 4.78 is 1.46. The summed E-state index contributed by atoms with van der Waals surface area (Å²) >= 11 is 0. The number of nitrogens with one attached hydrogen (secondary N) is 2. The maximum atomic E-state index is 13.1. The lowest BCUT2D eigenvalue weighted by molar-refractivity contribution is 0.102. The van der Waals surface area contributed by atoms with Crippen molar-refractivity contribution in [3.8, 4) is 5.69 Å². The van der Waals surface area contributed by atoms with Crippen LogP contribution >= 0.6 is 0 Å². The molecule has 6 rings (SSSR count). The van der Waals surface area contributed by atoms with E-state index in [9.17, 15) is 9.59 Å². The van der Waals surface area contributed by atoms with Crippen molar-refractivity contribution >= 4 is 35.1 Å². The van der Waals surface area contributed by atoms with Crippen molar-refractivity contribution in [3.63, 3.8) is 0 Å². The number of rotatable bonds is 6. The molecule has 9 heteroatoms. The third-order valence-corrected chi connectivity index (χ3v) is 8.50. The van der Waals surface area contributed by atoms with Crippen molar-refractivity contribution in [2.75, 3.05) is 5.32 Å². The van der Waals surface area contributed by atoms with Gasteiger partial charge >= 0.3 is 0 Å². The Labute approximate surface area is 238 Å². The monoisotopic (exact) mass is 547 g/mol. The average molecular weight is 548 g/mol. The minimum atomic E-state index is -0.462. The molecule has 9 nitrogen and oxygen atoms in total. The first kappa shape index (κ1) is 26.4. The molecule has 1 amide bonds. The van der Waals surface area contributed by atoms with Gasteiger partial charge < -0.3 is 16.5 Å². The fourth-order valence-corrected chi connectivity index (χ4v) is 6.29. The Morgan fingerprint density at radius 3 is 2.44 bits per heavy atom. The van der Waals surface area contributed by atoms with Crippen LogP contribution in [-0.2, 0) is 0 Å². The van der Waals surface area contributed by atoms with Crippen molar-refractivity contribution in [3.05, 3.63) is 100 Å². The number of hydrogen-bond donors (Lipinski definition) is 3. The van der Waals surface area contributed by atoms with E-state index in [4.69, 9.17) is 11.1 Å². The molecule has 3 heterocycles. The lowest BCUT2D eigenvalue weighted by atomic mass is 9.76. The van der Waals surface area contributed by atoms with Gasteiger partial charge in [-0.1, -0.05) is 30.3 Å². The van der Waals surface area contributed by atoms with E-state index >= 15 is 0 Å². The lowest BCUT2D eigenvalue weighted by Gasteiger charge is -2.36. The van der Waals surface area contributed by atoms with Crippen LogP contribution in [0.1, 0.15) is 54.9 Å². The van der Waals surface area contributed by atoms with Gasteiger partial charge in [0.15, 0.2) is 5.84 Å². The zero-order valence-electron chi connectivity index (χ0n) is 23.0. The number of benzene rings is 2. The minimum Gasteiger partial charge on any atom is -0.382 e. The Bertz CT molecular complexity index is 1630. The van der Waals surface area contributed by atoms with Gasteiger partial charge in [-0.15, -0.1) is 0 Å². The smallest absolute Gasteiger partial charge is 0.267 e. The lowest BCUT2D eigenvalue weighted by Crippen LogP contribution is -2.39. The molecule has 1 aromatic heterocycles. The molecule has 1 fully saturated rings. The van der Waals surface area contributed by atoms with Crippen LogP contribution in [0.5, 0.6) is 0 Å². The average Bonchev–Trinajstić information content (AvgIpc) is 3.39. The molecule has 0 bridgehead atoms. The second kappa shape index (κ2) is 11.0. The van der Waals surface area contributed by atoms with E-state index in [1.165, 1.54) is 17.0 Å². The molecule has 0 spiro atoms. The summed E-state index contributed by atoms with van der Waals surface area (Å²) in [5.41, 5.74) is 11.1. The molecule has 1 saturated carbocycles. The Morgan fingerprint density at radius 2 is 1.73 bits per heavy atom. The highest BCUT2D eigenvalue weighted by Gasteiger charge is 2.41. The molecule has 2 aliphatic heterocycles. The van der Waals surface area contributed by atoms with E-state index in [0.29, 0.717) is 29.0 Å². The first-order valence-corrected chi connectivity index (χ1v) is 14.0. The van der Waals surface area contributed by atoms with Gasteiger partial charge in [0.05, 0.1) is 6.04 Å². The van der Waals surface area contributed by atoms with Crippen molar-refractivity contribution < 1.29 is 4.79 Å². The van der Waals surface area contributed by atoms with E-state index in [-0.39, 0.29) is 17.2 Å². The largest absolute Gasteiger partial charge is 0.382 e. The molecule has 1 unspecified atom stereocenters. The summed E-state index contributed by atoms with van der Waals surface area (Å²) in [5.74, 6) is 0.843. The number of aliphatic imine (C=N–C) groups is 1. The number of pyridine rings is 1. The number of nitrogens with two attached hydrogens (primary N) is 1. The van der Waals surface area contributed by atoms with Gasteiger partial charge in [0, 0.05) is 23.3 Å². The van der Waals surface area contributed by atoms with Gasteiger partial charge in [0.1, 0.15) is 17.6 Å². The zero-order valence-corrected chi connectivity index (χ0v) is 23.0. The van der Waals surface area contributed by atoms with Crippen LogP contribution in [-0.4, -0.2) is 39.4 Å². The number of nitrogens with zero attached hydrogens (tertiary/aromatic N) is 4. The van der Waals surface area contributed by atoms with Crippen molar-refractivity contribution in [1.82, 2.24) is 9.58 Å². The predicted octanol–water partition coefficient (Wildman–Crippen LogP) is 5.04. The summed E-state index contributed by atoms with van der Waals surface area (Å²) in [4.78, 5) is 30.4. The van der Waals surface area contributed by atoms with Crippen molar-refractivity contribution in [1.29, 1.82) is 5.41 Å². The number of carbonyl (C=O) groups excluding carboxylic acids is 1. The Kier molecular flexibility index (Phi) is 7.09. The topological polar surface area (TPSA) is 129 Å². The molecule has 1 aliphatic carbocycles. The third kappa shape index (κ3) is 5.11. The number of fused-ring (bicyclic) bond motifs is 1. The number of amides is 1. The van der Waals surface area contributed by atoms with Crippen molar-refractivity contribution in [2.24, 2.45) is 27.7 Å². The molecule has 208 valence electrons. The van der Waals surface area contributed by atoms with E-state index < -0.39 is 5.91 Å². The number of hydrazone groups is 1. The summed E-state index contributed by atoms with van der Waals surface area (Å²) in [7, 11) is 0. The number of hydrogen-bond acceptors (Lipinski definition) is 7. The number of para-hydroxylation sites is 1. The van der Waals surface area contributed by atoms with E-state index in [2.05, 4.69) is 15.4 Å². The Hall–Kier alpha value is -4.79. The number of carbonyl (C=O) groups is 1. The number of anilines is 1. The van der Waals surface area contributed by atoms with Gasteiger partial charge in [0.2, 0.25) is 0 Å². The second-order valence-corrected chi connectivity index (χ2v) is 10.9. The summed E-state index contributed by atoms with van der Waals surface area (Å²) in [6.07, 6.45) is 8.17. The van der Waals surface area contributed by atoms with E-state index in [1.807, 2.05) is 66.5 Å². The molecule has 0 radical (unpaired) electrons. The quantitative estimate of drug-likeness (QED) is 0.374. The fraction of sp³-hybridized carbons (Fsp3) is 0.281. The molecule has 3 aromatic rings. The van der Waals surface area contributed by atoms with E-state index in [0.717, 1.165) is 54.6 Å². The Morgan fingerprint density at radius 1 is 1.00 bits per heavy atom. The van der Waals surface area contributed by atoms with Crippen LogP contribution < -0.4 is 16.6 Å². The molecule has 3 aliphatic rings. The van der Waals surface area contributed by atoms with Gasteiger partial charge in [-0.05, 0) is 98.4 Å². The Balaban J connectivity index is 1.20. The van der Waals surface area contributed by atoms with Crippen molar-refractivity contribution in [2.45, 2.75) is 45.1 Å². The molecule has 41 heavy (non-hydrogen) atoms. The van der Waals surface area contributed by atoms with Gasteiger partial charge in [-0.3, -0.25) is 19.2 Å². The second-order valence-electron chi connectivity index (χ2n) is 10.9. The highest BCUT2D eigenvalue weighted by Crippen LogP contribution is 2.44. The fourth-order valence-electron chi connectivity index (χ4n) is 6.29. The number of amidine groups is 1. The van der Waals surface area contributed by atoms with Crippen LogP contribution in [0.3, 0.4) is 0 Å². The summed E-state index contributed by atoms with van der Waals surface area (Å²) in [5, 5.41) is 17.5. The first-order chi connectivity index (χ1) is 19.9. The minimum absolute atomic E-state index is 0.0663. The molecular formula is C32H33N7O2. The zero-order chi connectivity index (χ0) is 28.5. The van der Waals surface area contributed by atoms with Crippen LogP contribution in [0.4, 0.5) is 5.69 Å². The predicted molar refractivity (Wildman–Crippen MR) is 163 cm³/mol. The molecular weight excluding hydrogens is 514 g/mol. The molecule has 0 saturated heterocycles. The van der Waals surface area contributed by atoms with E-state index in [1.54, 1.807) is 12.3 Å². The van der Waals surface area contributed by atoms with Gasteiger partial charge in [-0.2, -0.15) is 5.10 Å². The maximum absolute atomic E-state index is 13.1. The summed E-state index contributed by atoms with van der Waals surface area (Å²) in [6.45, 7) is 1.91. The summed E-state index contributed by atoms with van der Waals surface area (Å²) in [6, 6.07) is 20.3.